The molecule has 0 radical (unpaired) electrons. The van der Waals surface area contributed by atoms with Crippen molar-refractivity contribution in [2.75, 3.05) is 18.7 Å². The number of nitrogens with zero attached hydrogens (tertiary/aromatic N) is 2. The highest BCUT2D eigenvalue weighted by atomic mass is 16.5. The second-order valence-corrected chi connectivity index (χ2v) is 3.14. The summed E-state index contributed by atoms with van der Waals surface area (Å²) in [5, 5.41) is 6.08. The van der Waals surface area contributed by atoms with Gasteiger partial charge in [-0.15, -0.1) is 0 Å². The number of para-hydroxylation sites is 2. The van der Waals surface area contributed by atoms with Gasteiger partial charge in [-0.05, 0) is 12.1 Å². The summed E-state index contributed by atoms with van der Waals surface area (Å²) in [6, 6.07) is 7.79. The first-order valence-corrected chi connectivity index (χ1v) is 4.55. The van der Waals surface area contributed by atoms with Crippen molar-refractivity contribution in [1.82, 2.24) is 0 Å². The van der Waals surface area contributed by atoms with E-state index in [1.165, 1.54) is 0 Å². The van der Waals surface area contributed by atoms with Crippen molar-refractivity contribution in [3.05, 3.63) is 24.3 Å². The van der Waals surface area contributed by atoms with Crippen LogP contribution in [0.25, 0.3) is 0 Å². The van der Waals surface area contributed by atoms with E-state index < -0.39 is 0 Å². The van der Waals surface area contributed by atoms with Gasteiger partial charge in [0, 0.05) is 13.0 Å². The number of anilines is 1. The lowest BCUT2D eigenvalue weighted by Gasteiger charge is -2.16. The molecule has 0 spiro atoms. The van der Waals surface area contributed by atoms with E-state index in [0.717, 1.165) is 24.4 Å². The van der Waals surface area contributed by atoms with Crippen molar-refractivity contribution in [3.8, 4) is 5.75 Å². The summed E-state index contributed by atoms with van der Waals surface area (Å²) in [5.74, 6) is 1.50. The van der Waals surface area contributed by atoms with E-state index in [4.69, 9.17) is 10.5 Å². The summed E-state index contributed by atoms with van der Waals surface area (Å²) in [5.41, 5.74) is 6.59. The summed E-state index contributed by atoms with van der Waals surface area (Å²) in [4.78, 5) is 0. The fourth-order valence-corrected chi connectivity index (χ4v) is 1.49. The maximum atomic E-state index is 5.62. The van der Waals surface area contributed by atoms with E-state index >= 15 is 0 Å². The van der Waals surface area contributed by atoms with Crippen LogP contribution < -0.4 is 15.5 Å². The molecule has 4 heteroatoms. The van der Waals surface area contributed by atoms with Gasteiger partial charge in [0.15, 0.2) is 0 Å². The van der Waals surface area contributed by atoms with Gasteiger partial charge in [0.2, 0.25) is 0 Å². The average Bonchev–Trinajstić information content (AvgIpc) is 2.65. The van der Waals surface area contributed by atoms with Crippen LogP contribution in [-0.4, -0.2) is 19.5 Å². The minimum absolute atomic E-state index is 0.677. The first-order chi connectivity index (χ1) is 6.81. The summed E-state index contributed by atoms with van der Waals surface area (Å²) >= 11 is 0. The van der Waals surface area contributed by atoms with E-state index in [1.54, 1.807) is 7.11 Å². The van der Waals surface area contributed by atoms with Crippen LogP contribution in [-0.2, 0) is 0 Å². The molecule has 1 aliphatic rings. The number of amidine groups is 1. The van der Waals surface area contributed by atoms with Crippen LogP contribution in [0.2, 0.25) is 0 Å². The largest absolute Gasteiger partial charge is 0.495 e. The number of nitrogens with two attached hydrogens (primary N) is 1. The topological polar surface area (TPSA) is 50.9 Å². The predicted molar refractivity (Wildman–Crippen MR) is 56.6 cm³/mol. The molecule has 0 aliphatic carbocycles. The van der Waals surface area contributed by atoms with Crippen LogP contribution in [0.1, 0.15) is 6.42 Å². The molecule has 1 aromatic rings. The zero-order chi connectivity index (χ0) is 9.97. The molecule has 1 aliphatic heterocycles. The van der Waals surface area contributed by atoms with Crippen molar-refractivity contribution >= 4 is 11.5 Å². The fraction of sp³-hybridized carbons (Fsp3) is 0.300. The molecular formula is C10H13N3O. The standard InChI is InChI=1S/C10H13N3O/c1-14-9-5-3-2-4-8(9)13-7-6-10(11)12-13/h2-5H,6-7H2,1H3,(H2,11,12). The highest BCUT2D eigenvalue weighted by molar-refractivity contribution is 5.84. The monoisotopic (exact) mass is 191 g/mol. The van der Waals surface area contributed by atoms with E-state index in [0.29, 0.717) is 5.84 Å². The second-order valence-electron chi connectivity index (χ2n) is 3.14. The Bertz CT molecular complexity index is 362. The van der Waals surface area contributed by atoms with Gasteiger partial charge < -0.3 is 10.5 Å². The van der Waals surface area contributed by atoms with Gasteiger partial charge in [-0.1, -0.05) is 12.1 Å². The number of methoxy groups -OCH3 is 1. The van der Waals surface area contributed by atoms with Gasteiger partial charge >= 0.3 is 0 Å². The normalized spacial score (nSPS) is 15.5. The summed E-state index contributed by atoms with van der Waals surface area (Å²) in [6.07, 6.45) is 0.818. The van der Waals surface area contributed by atoms with Crippen molar-refractivity contribution in [3.63, 3.8) is 0 Å². The molecule has 74 valence electrons. The van der Waals surface area contributed by atoms with Gasteiger partial charge in [0.05, 0.1) is 7.11 Å². The number of hydrogen-bond donors (Lipinski definition) is 1. The first kappa shape index (κ1) is 8.87. The maximum absolute atomic E-state index is 5.62. The summed E-state index contributed by atoms with van der Waals surface area (Å²) in [7, 11) is 1.65. The molecule has 2 rings (SSSR count). The third-order valence-corrected chi connectivity index (χ3v) is 2.19. The minimum atomic E-state index is 0.677. The Morgan fingerprint density at radius 2 is 2.21 bits per heavy atom. The minimum Gasteiger partial charge on any atom is -0.495 e. The molecular weight excluding hydrogens is 178 g/mol. The fourth-order valence-electron chi connectivity index (χ4n) is 1.49. The SMILES string of the molecule is COc1ccccc1N1CCC(N)=N1. The Balaban J connectivity index is 2.32. The number of hydrazone groups is 1. The van der Waals surface area contributed by atoms with Crippen LogP contribution in [0, 0.1) is 0 Å². The molecule has 14 heavy (non-hydrogen) atoms. The Labute approximate surface area is 83.0 Å². The van der Waals surface area contributed by atoms with Crippen LogP contribution >= 0.6 is 0 Å². The molecule has 0 bridgehead atoms. The molecule has 2 N–H and O–H groups in total. The molecule has 0 fully saturated rings. The lowest BCUT2D eigenvalue weighted by molar-refractivity contribution is 0.414. The lowest BCUT2D eigenvalue weighted by atomic mass is 10.3. The summed E-state index contributed by atoms with van der Waals surface area (Å²) in [6.45, 7) is 0.826. The second kappa shape index (κ2) is 3.57. The molecule has 0 aromatic heterocycles. The molecule has 1 heterocycles. The number of ether oxygens (including phenoxy) is 1. The average molecular weight is 191 g/mol. The molecule has 0 saturated carbocycles. The van der Waals surface area contributed by atoms with Crippen molar-refractivity contribution in [2.24, 2.45) is 10.8 Å². The first-order valence-electron chi connectivity index (χ1n) is 4.55. The van der Waals surface area contributed by atoms with E-state index in [1.807, 2.05) is 29.3 Å². The molecule has 0 amide bonds. The Hall–Kier alpha value is -1.71. The zero-order valence-corrected chi connectivity index (χ0v) is 8.10. The Morgan fingerprint density at radius 3 is 2.86 bits per heavy atom. The smallest absolute Gasteiger partial charge is 0.144 e. The van der Waals surface area contributed by atoms with E-state index in [-0.39, 0.29) is 0 Å². The number of benzene rings is 1. The van der Waals surface area contributed by atoms with Crippen LogP contribution in [0.3, 0.4) is 0 Å². The van der Waals surface area contributed by atoms with Crippen LogP contribution in [0.5, 0.6) is 5.75 Å². The molecule has 0 saturated heterocycles. The Morgan fingerprint density at radius 1 is 1.43 bits per heavy atom. The molecule has 0 unspecified atom stereocenters. The Kier molecular flexibility index (Phi) is 2.26. The van der Waals surface area contributed by atoms with Crippen molar-refractivity contribution in [1.29, 1.82) is 0 Å². The predicted octanol–water partition coefficient (Wildman–Crippen LogP) is 1.18. The lowest BCUT2D eigenvalue weighted by Crippen LogP contribution is -2.12. The molecule has 1 aromatic carbocycles. The third kappa shape index (κ3) is 1.51. The van der Waals surface area contributed by atoms with Crippen molar-refractivity contribution < 1.29 is 4.74 Å². The van der Waals surface area contributed by atoms with Gasteiger partial charge in [-0.2, -0.15) is 5.10 Å². The number of rotatable bonds is 2. The highest BCUT2D eigenvalue weighted by Gasteiger charge is 2.16. The van der Waals surface area contributed by atoms with Crippen LogP contribution in [0.4, 0.5) is 5.69 Å². The maximum Gasteiger partial charge on any atom is 0.144 e. The molecule has 4 nitrogen and oxygen atoms in total. The number of hydrogen-bond acceptors (Lipinski definition) is 4. The van der Waals surface area contributed by atoms with Crippen molar-refractivity contribution in [2.45, 2.75) is 6.42 Å². The van der Waals surface area contributed by atoms with Gasteiger partial charge in [0.25, 0.3) is 0 Å². The third-order valence-electron chi connectivity index (χ3n) is 2.19. The quantitative estimate of drug-likeness (QED) is 0.763. The van der Waals surface area contributed by atoms with E-state index in [9.17, 15) is 0 Å². The molecule has 0 atom stereocenters. The zero-order valence-electron chi connectivity index (χ0n) is 8.10. The van der Waals surface area contributed by atoms with Crippen LogP contribution in [0.15, 0.2) is 29.4 Å². The van der Waals surface area contributed by atoms with Gasteiger partial charge in [0.1, 0.15) is 17.3 Å². The van der Waals surface area contributed by atoms with Gasteiger partial charge in [-0.25, -0.2) is 0 Å². The van der Waals surface area contributed by atoms with Gasteiger partial charge in [-0.3, -0.25) is 5.01 Å². The van der Waals surface area contributed by atoms with E-state index in [2.05, 4.69) is 5.10 Å². The summed E-state index contributed by atoms with van der Waals surface area (Å²) < 4.78 is 5.24. The highest BCUT2D eigenvalue weighted by Crippen LogP contribution is 2.29.